The number of amides is 1. The van der Waals surface area contributed by atoms with Gasteiger partial charge in [0.15, 0.2) is 11.5 Å². The Balaban J connectivity index is 1.58. The van der Waals surface area contributed by atoms with Crippen LogP contribution in [0, 0.1) is 0 Å². The Kier molecular flexibility index (Phi) is 4.68. The molecule has 2 aromatic carbocycles. The maximum atomic E-state index is 13.0. The van der Waals surface area contributed by atoms with Gasteiger partial charge < -0.3 is 14.4 Å². The van der Waals surface area contributed by atoms with Crippen molar-refractivity contribution in [1.29, 1.82) is 0 Å². The van der Waals surface area contributed by atoms with Gasteiger partial charge in [-0.1, -0.05) is 6.07 Å². The lowest BCUT2D eigenvalue weighted by molar-refractivity contribution is 0.0735. The van der Waals surface area contributed by atoms with Gasteiger partial charge in [-0.3, -0.25) is 9.00 Å². The molecular formula is C20H21NO4S. The van der Waals surface area contributed by atoms with E-state index in [9.17, 15) is 9.00 Å². The molecule has 5 nitrogen and oxygen atoms in total. The zero-order valence-corrected chi connectivity index (χ0v) is 15.5. The van der Waals surface area contributed by atoms with Gasteiger partial charge in [0.05, 0.1) is 6.04 Å². The summed E-state index contributed by atoms with van der Waals surface area (Å²) in [7, 11) is -1.04. The first-order valence-electron chi connectivity index (χ1n) is 8.77. The predicted molar refractivity (Wildman–Crippen MR) is 99.2 cm³/mol. The van der Waals surface area contributed by atoms with E-state index in [-0.39, 0.29) is 11.9 Å². The van der Waals surface area contributed by atoms with E-state index in [1.165, 1.54) is 0 Å². The van der Waals surface area contributed by atoms with Crippen LogP contribution in [0.1, 0.15) is 34.8 Å². The zero-order valence-electron chi connectivity index (χ0n) is 14.6. The fourth-order valence-corrected chi connectivity index (χ4v) is 4.10. The van der Waals surface area contributed by atoms with Crippen molar-refractivity contribution in [1.82, 2.24) is 4.90 Å². The maximum Gasteiger partial charge on any atom is 0.254 e. The van der Waals surface area contributed by atoms with Crippen LogP contribution in [0.4, 0.5) is 0 Å². The lowest BCUT2D eigenvalue weighted by Crippen LogP contribution is -2.30. The molecule has 2 aliphatic heterocycles. The van der Waals surface area contributed by atoms with Crippen molar-refractivity contribution >= 4 is 16.7 Å². The molecule has 4 rings (SSSR count). The molecule has 2 aliphatic rings. The van der Waals surface area contributed by atoms with E-state index in [2.05, 4.69) is 0 Å². The summed E-state index contributed by atoms with van der Waals surface area (Å²) in [5, 5.41) is 0. The predicted octanol–water partition coefficient (Wildman–Crippen LogP) is 3.17. The number of ether oxygens (including phenoxy) is 2. The SMILES string of the molecule is C[S@](=O)c1ccc(C(=O)N2CCC[C@@H]2c2ccc3c(c2)OCCO3)cc1. The lowest BCUT2D eigenvalue weighted by Gasteiger charge is -2.27. The number of rotatable bonds is 3. The Morgan fingerprint density at radius 3 is 2.54 bits per heavy atom. The van der Waals surface area contributed by atoms with Crippen molar-refractivity contribution in [3.8, 4) is 11.5 Å². The Morgan fingerprint density at radius 1 is 1.08 bits per heavy atom. The summed E-state index contributed by atoms with van der Waals surface area (Å²) in [5.74, 6) is 1.53. The van der Waals surface area contributed by atoms with Crippen molar-refractivity contribution in [2.24, 2.45) is 0 Å². The van der Waals surface area contributed by atoms with Crippen LogP contribution in [-0.4, -0.2) is 41.0 Å². The third-order valence-corrected chi connectivity index (χ3v) is 5.83. The van der Waals surface area contributed by atoms with E-state index in [0.29, 0.717) is 18.8 Å². The number of nitrogens with zero attached hydrogens (tertiary/aromatic N) is 1. The van der Waals surface area contributed by atoms with E-state index in [0.717, 1.165) is 41.3 Å². The van der Waals surface area contributed by atoms with Gasteiger partial charge in [-0.15, -0.1) is 0 Å². The molecule has 0 N–H and O–H groups in total. The van der Waals surface area contributed by atoms with E-state index >= 15 is 0 Å². The van der Waals surface area contributed by atoms with Crippen molar-refractivity contribution in [3.63, 3.8) is 0 Å². The summed E-state index contributed by atoms with van der Waals surface area (Å²) >= 11 is 0. The second-order valence-electron chi connectivity index (χ2n) is 6.54. The van der Waals surface area contributed by atoms with E-state index in [4.69, 9.17) is 9.47 Å². The average Bonchev–Trinajstić information content (AvgIpc) is 3.17. The number of hydrogen-bond donors (Lipinski definition) is 0. The Bertz CT molecular complexity index is 849. The summed E-state index contributed by atoms with van der Waals surface area (Å²) in [6.45, 7) is 1.85. The molecule has 0 aliphatic carbocycles. The number of fused-ring (bicyclic) bond motifs is 1. The standard InChI is InChI=1S/C20H21NO4S/c1-26(23)16-7-4-14(5-8-16)20(22)21-10-2-3-17(21)15-6-9-18-19(13-15)25-12-11-24-18/h4-9,13,17H,2-3,10-12H2,1H3/t17-,26+/m1/s1. The van der Waals surface area contributed by atoms with Crippen LogP contribution < -0.4 is 9.47 Å². The molecular weight excluding hydrogens is 350 g/mol. The molecule has 6 heteroatoms. The molecule has 0 aromatic heterocycles. The van der Waals surface area contributed by atoms with Gasteiger partial charge in [0.1, 0.15) is 13.2 Å². The number of likely N-dealkylation sites (tertiary alicyclic amines) is 1. The third kappa shape index (κ3) is 3.21. The molecule has 1 fully saturated rings. The lowest BCUT2D eigenvalue weighted by atomic mass is 10.0. The average molecular weight is 371 g/mol. The highest BCUT2D eigenvalue weighted by atomic mass is 32.2. The summed E-state index contributed by atoms with van der Waals surface area (Å²) in [4.78, 5) is 15.6. The third-order valence-electron chi connectivity index (χ3n) is 4.90. The first kappa shape index (κ1) is 17.1. The molecule has 136 valence electrons. The van der Waals surface area contributed by atoms with Crippen molar-refractivity contribution < 1.29 is 18.5 Å². The Hall–Kier alpha value is -2.34. The highest BCUT2D eigenvalue weighted by Gasteiger charge is 2.31. The Labute approximate surface area is 155 Å². The molecule has 0 unspecified atom stereocenters. The van der Waals surface area contributed by atoms with Crippen LogP contribution in [0.2, 0.25) is 0 Å². The van der Waals surface area contributed by atoms with Gasteiger partial charge >= 0.3 is 0 Å². The van der Waals surface area contributed by atoms with Crippen molar-refractivity contribution in [3.05, 3.63) is 53.6 Å². The normalized spacial score (nSPS) is 20.0. The zero-order chi connectivity index (χ0) is 18.1. The van der Waals surface area contributed by atoms with E-state index < -0.39 is 10.8 Å². The van der Waals surface area contributed by atoms with Gasteiger partial charge in [0.25, 0.3) is 5.91 Å². The Morgan fingerprint density at radius 2 is 1.81 bits per heavy atom. The molecule has 1 amide bonds. The molecule has 0 bridgehead atoms. The van der Waals surface area contributed by atoms with Crippen LogP contribution in [0.5, 0.6) is 11.5 Å². The molecule has 1 saturated heterocycles. The van der Waals surface area contributed by atoms with Crippen LogP contribution >= 0.6 is 0 Å². The molecule has 2 aromatic rings. The first-order valence-corrected chi connectivity index (χ1v) is 10.3. The number of hydrogen-bond acceptors (Lipinski definition) is 4. The van der Waals surface area contributed by atoms with Crippen molar-refractivity contribution in [2.75, 3.05) is 26.0 Å². The quantitative estimate of drug-likeness (QED) is 0.832. The van der Waals surface area contributed by atoms with Crippen molar-refractivity contribution in [2.45, 2.75) is 23.8 Å². The van der Waals surface area contributed by atoms with Crippen LogP contribution in [-0.2, 0) is 10.8 Å². The van der Waals surface area contributed by atoms with Gasteiger partial charge in [0, 0.05) is 34.1 Å². The molecule has 2 atom stereocenters. The fourth-order valence-electron chi connectivity index (χ4n) is 3.58. The molecule has 0 spiro atoms. The molecule has 26 heavy (non-hydrogen) atoms. The number of carbonyl (C=O) groups is 1. The minimum absolute atomic E-state index is 0.0100. The topological polar surface area (TPSA) is 55.8 Å². The van der Waals surface area contributed by atoms with Gasteiger partial charge in [0.2, 0.25) is 0 Å². The molecule has 0 radical (unpaired) electrons. The highest BCUT2D eigenvalue weighted by Crippen LogP contribution is 2.38. The second-order valence-corrected chi connectivity index (χ2v) is 7.92. The number of benzene rings is 2. The largest absolute Gasteiger partial charge is 0.486 e. The highest BCUT2D eigenvalue weighted by molar-refractivity contribution is 7.84. The first-order chi connectivity index (χ1) is 12.6. The monoisotopic (exact) mass is 371 g/mol. The number of carbonyl (C=O) groups excluding carboxylic acids is 1. The minimum Gasteiger partial charge on any atom is -0.486 e. The fraction of sp³-hybridized carbons (Fsp3) is 0.350. The van der Waals surface area contributed by atoms with Crippen LogP contribution in [0.3, 0.4) is 0 Å². The second kappa shape index (κ2) is 7.11. The van der Waals surface area contributed by atoms with E-state index in [1.54, 1.807) is 30.5 Å². The van der Waals surface area contributed by atoms with E-state index in [1.807, 2.05) is 23.1 Å². The smallest absolute Gasteiger partial charge is 0.254 e. The summed E-state index contributed by atoms with van der Waals surface area (Å²) in [6, 6.07) is 13.0. The minimum atomic E-state index is -1.04. The molecule has 2 heterocycles. The maximum absolute atomic E-state index is 13.0. The van der Waals surface area contributed by atoms with Crippen LogP contribution in [0.15, 0.2) is 47.4 Å². The molecule has 0 saturated carbocycles. The summed E-state index contributed by atoms with van der Waals surface area (Å²) in [5.41, 5.74) is 1.70. The van der Waals surface area contributed by atoms with Gasteiger partial charge in [-0.2, -0.15) is 0 Å². The summed E-state index contributed by atoms with van der Waals surface area (Å²) < 4.78 is 22.8. The van der Waals surface area contributed by atoms with Crippen LogP contribution in [0.25, 0.3) is 0 Å². The summed E-state index contributed by atoms with van der Waals surface area (Å²) in [6.07, 6.45) is 3.54. The van der Waals surface area contributed by atoms with Gasteiger partial charge in [-0.25, -0.2) is 0 Å². The van der Waals surface area contributed by atoms with Gasteiger partial charge in [-0.05, 0) is 54.8 Å².